The number of likely N-dealkylation sites (N-methyl/N-ethyl adjacent to an activating group) is 1. The highest BCUT2D eigenvalue weighted by Crippen LogP contribution is 2.63. The lowest BCUT2D eigenvalue weighted by atomic mass is 9.48. The molecule has 0 aromatic carbocycles. The molecule has 0 saturated heterocycles. The standard InChI is InChI=1S/C17H27NO4/c1-12(19)22-17-9-13-6-14(10-17)8-16(7-13,11-17)15(20)21-5-4-18(2)3/h13-14H,4-11H2,1-3H3. The van der Waals surface area contributed by atoms with Crippen molar-refractivity contribution in [2.24, 2.45) is 17.3 Å². The van der Waals surface area contributed by atoms with E-state index in [0.29, 0.717) is 24.9 Å². The monoisotopic (exact) mass is 309 g/mol. The molecule has 0 N–H and O–H groups in total. The molecule has 5 nitrogen and oxygen atoms in total. The summed E-state index contributed by atoms with van der Waals surface area (Å²) in [5.41, 5.74) is -0.817. The summed E-state index contributed by atoms with van der Waals surface area (Å²) in [5, 5.41) is 0. The number of hydrogen-bond donors (Lipinski definition) is 0. The summed E-state index contributed by atoms with van der Waals surface area (Å²) in [5.74, 6) is 0.710. The number of nitrogens with zero attached hydrogens (tertiary/aromatic N) is 1. The van der Waals surface area contributed by atoms with Gasteiger partial charge in [-0.25, -0.2) is 0 Å². The lowest BCUT2D eigenvalue weighted by Crippen LogP contribution is -2.60. The van der Waals surface area contributed by atoms with Crippen molar-refractivity contribution in [3.8, 4) is 0 Å². The molecule has 0 radical (unpaired) electrons. The van der Waals surface area contributed by atoms with Gasteiger partial charge in [0.1, 0.15) is 12.2 Å². The summed E-state index contributed by atoms with van der Waals surface area (Å²) in [7, 11) is 3.93. The SMILES string of the molecule is CC(=O)OC12CC3CC(C1)CC(C(=O)OCCN(C)C)(C3)C2. The summed E-state index contributed by atoms with van der Waals surface area (Å²) < 4.78 is 11.3. The minimum Gasteiger partial charge on any atom is -0.464 e. The highest BCUT2D eigenvalue weighted by molar-refractivity contribution is 5.78. The van der Waals surface area contributed by atoms with Crippen LogP contribution in [0.15, 0.2) is 0 Å². The van der Waals surface area contributed by atoms with Crippen molar-refractivity contribution < 1.29 is 19.1 Å². The zero-order valence-electron chi connectivity index (χ0n) is 13.9. The van der Waals surface area contributed by atoms with Crippen LogP contribution in [0.5, 0.6) is 0 Å². The van der Waals surface area contributed by atoms with Gasteiger partial charge in [0.25, 0.3) is 0 Å². The predicted octanol–water partition coefficient (Wildman–Crippen LogP) is 1.99. The van der Waals surface area contributed by atoms with Crippen LogP contribution < -0.4 is 0 Å². The van der Waals surface area contributed by atoms with E-state index in [4.69, 9.17) is 9.47 Å². The Hall–Kier alpha value is -1.10. The Morgan fingerprint density at radius 1 is 1.14 bits per heavy atom. The second kappa shape index (κ2) is 5.52. The molecular formula is C17H27NO4. The van der Waals surface area contributed by atoms with Crippen LogP contribution in [0.1, 0.15) is 45.4 Å². The number of hydrogen-bond acceptors (Lipinski definition) is 5. The minimum absolute atomic E-state index is 0.0695. The van der Waals surface area contributed by atoms with E-state index in [2.05, 4.69) is 0 Å². The summed E-state index contributed by atoms with van der Waals surface area (Å²) in [6.45, 7) is 2.65. The zero-order chi connectivity index (χ0) is 16.0. The first-order valence-electron chi connectivity index (χ1n) is 8.34. The van der Waals surface area contributed by atoms with Crippen LogP contribution >= 0.6 is 0 Å². The molecule has 0 aliphatic heterocycles. The third kappa shape index (κ3) is 2.87. The van der Waals surface area contributed by atoms with E-state index in [-0.39, 0.29) is 11.9 Å². The van der Waals surface area contributed by atoms with Crippen LogP contribution in [0, 0.1) is 17.3 Å². The molecule has 0 amide bonds. The Labute approximate surface area is 132 Å². The molecule has 2 unspecified atom stereocenters. The number of esters is 2. The van der Waals surface area contributed by atoms with Crippen LogP contribution in [0.4, 0.5) is 0 Å². The molecule has 4 rings (SSSR count). The fourth-order valence-electron chi connectivity index (χ4n) is 5.32. The van der Waals surface area contributed by atoms with Gasteiger partial charge in [-0.05, 0) is 58.0 Å². The molecule has 0 spiro atoms. The zero-order valence-corrected chi connectivity index (χ0v) is 13.9. The van der Waals surface area contributed by atoms with Crippen molar-refractivity contribution in [3.63, 3.8) is 0 Å². The van der Waals surface area contributed by atoms with Crippen LogP contribution in [0.2, 0.25) is 0 Å². The molecule has 124 valence electrons. The second-order valence-electron chi connectivity index (χ2n) is 7.96. The quantitative estimate of drug-likeness (QED) is 0.727. The Balaban J connectivity index is 1.73. The fourth-order valence-corrected chi connectivity index (χ4v) is 5.32. The Bertz CT molecular complexity index is 459. The summed E-state index contributed by atoms with van der Waals surface area (Å²) in [4.78, 5) is 26.2. The van der Waals surface area contributed by atoms with Gasteiger partial charge in [-0.15, -0.1) is 0 Å². The fraction of sp³-hybridized carbons (Fsp3) is 0.882. The van der Waals surface area contributed by atoms with Crippen molar-refractivity contribution >= 4 is 11.9 Å². The maximum absolute atomic E-state index is 12.7. The van der Waals surface area contributed by atoms with Crippen molar-refractivity contribution in [1.29, 1.82) is 0 Å². The first-order valence-corrected chi connectivity index (χ1v) is 8.34. The van der Waals surface area contributed by atoms with E-state index in [0.717, 1.165) is 32.2 Å². The normalized spacial score (nSPS) is 39.1. The summed E-state index contributed by atoms with van der Waals surface area (Å²) in [6.07, 6.45) is 5.51. The molecule has 0 aromatic rings. The largest absolute Gasteiger partial charge is 0.464 e. The number of rotatable bonds is 5. The van der Waals surface area contributed by atoms with E-state index in [9.17, 15) is 9.59 Å². The first-order chi connectivity index (χ1) is 10.3. The van der Waals surface area contributed by atoms with E-state index < -0.39 is 11.0 Å². The third-order valence-corrected chi connectivity index (χ3v) is 5.57. The van der Waals surface area contributed by atoms with Crippen LogP contribution in [0.3, 0.4) is 0 Å². The lowest BCUT2D eigenvalue weighted by molar-refractivity contribution is -0.211. The summed E-state index contributed by atoms with van der Waals surface area (Å²) >= 11 is 0. The van der Waals surface area contributed by atoms with Crippen LogP contribution in [0.25, 0.3) is 0 Å². The average molecular weight is 309 g/mol. The molecule has 4 bridgehead atoms. The minimum atomic E-state index is -0.411. The third-order valence-electron chi connectivity index (χ3n) is 5.57. The molecule has 0 heterocycles. The highest BCUT2D eigenvalue weighted by atomic mass is 16.6. The number of carbonyl (C=O) groups is 2. The lowest BCUT2D eigenvalue weighted by Gasteiger charge is -2.59. The van der Waals surface area contributed by atoms with Gasteiger partial charge in [0.15, 0.2) is 0 Å². The van der Waals surface area contributed by atoms with Crippen LogP contribution in [-0.4, -0.2) is 49.7 Å². The molecule has 4 fully saturated rings. The molecule has 5 heteroatoms. The van der Waals surface area contributed by atoms with Gasteiger partial charge in [0, 0.05) is 19.9 Å². The van der Waals surface area contributed by atoms with Gasteiger partial charge < -0.3 is 14.4 Å². The average Bonchev–Trinajstić information content (AvgIpc) is 2.34. The van der Waals surface area contributed by atoms with Gasteiger partial charge in [-0.3, -0.25) is 9.59 Å². The smallest absolute Gasteiger partial charge is 0.312 e. The van der Waals surface area contributed by atoms with Crippen molar-refractivity contribution in [1.82, 2.24) is 4.90 Å². The maximum Gasteiger partial charge on any atom is 0.312 e. The first kappa shape index (κ1) is 15.8. The van der Waals surface area contributed by atoms with E-state index in [1.807, 2.05) is 19.0 Å². The van der Waals surface area contributed by atoms with Crippen molar-refractivity contribution in [3.05, 3.63) is 0 Å². The topological polar surface area (TPSA) is 55.8 Å². The number of carbonyl (C=O) groups excluding carboxylic acids is 2. The highest BCUT2D eigenvalue weighted by Gasteiger charge is 2.62. The Morgan fingerprint density at radius 3 is 2.32 bits per heavy atom. The Morgan fingerprint density at radius 2 is 1.77 bits per heavy atom. The summed E-state index contributed by atoms with van der Waals surface area (Å²) in [6, 6.07) is 0. The molecule has 22 heavy (non-hydrogen) atoms. The predicted molar refractivity (Wildman–Crippen MR) is 81.1 cm³/mol. The van der Waals surface area contributed by atoms with Gasteiger partial charge in [-0.1, -0.05) is 0 Å². The molecule has 4 saturated carbocycles. The van der Waals surface area contributed by atoms with E-state index in [1.165, 1.54) is 13.3 Å². The van der Waals surface area contributed by atoms with Gasteiger partial charge in [-0.2, -0.15) is 0 Å². The van der Waals surface area contributed by atoms with E-state index >= 15 is 0 Å². The molecule has 0 aromatic heterocycles. The number of ether oxygens (including phenoxy) is 2. The van der Waals surface area contributed by atoms with Gasteiger partial charge in [0.05, 0.1) is 5.41 Å². The van der Waals surface area contributed by atoms with Crippen LogP contribution in [-0.2, 0) is 19.1 Å². The molecule has 4 aliphatic carbocycles. The van der Waals surface area contributed by atoms with E-state index in [1.54, 1.807) is 0 Å². The van der Waals surface area contributed by atoms with Crippen molar-refractivity contribution in [2.45, 2.75) is 51.0 Å². The molecular weight excluding hydrogens is 282 g/mol. The van der Waals surface area contributed by atoms with Crippen molar-refractivity contribution in [2.75, 3.05) is 27.2 Å². The van der Waals surface area contributed by atoms with Gasteiger partial charge in [0.2, 0.25) is 0 Å². The Kier molecular flexibility index (Phi) is 3.96. The maximum atomic E-state index is 12.7. The molecule has 4 aliphatic rings. The second-order valence-corrected chi connectivity index (χ2v) is 7.96. The molecule has 2 atom stereocenters. The van der Waals surface area contributed by atoms with Gasteiger partial charge >= 0.3 is 11.9 Å².